The maximum absolute atomic E-state index is 6.10. The Bertz CT molecular complexity index is 597. The van der Waals surface area contributed by atoms with Crippen LogP contribution in [0, 0.1) is 11.8 Å². The van der Waals surface area contributed by atoms with Crippen molar-refractivity contribution in [3.8, 4) is 0 Å². The van der Waals surface area contributed by atoms with Crippen molar-refractivity contribution < 1.29 is 14.2 Å². The lowest BCUT2D eigenvalue weighted by atomic mass is 9.89. The van der Waals surface area contributed by atoms with Crippen molar-refractivity contribution in [2.45, 2.75) is 38.7 Å². The van der Waals surface area contributed by atoms with Crippen LogP contribution >= 0.6 is 24.0 Å². The molecule has 0 saturated carbocycles. The second-order valence-electron chi connectivity index (χ2n) is 7.91. The Labute approximate surface area is 198 Å². The van der Waals surface area contributed by atoms with Crippen LogP contribution in [0.4, 0.5) is 0 Å². The Balaban J connectivity index is 0.00000320. The minimum absolute atomic E-state index is 0. The molecule has 1 aromatic rings. The van der Waals surface area contributed by atoms with E-state index in [-0.39, 0.29) is 30.1 Å². The van der Waals surface area contributed by atoms with Crippen molar-refractivity contribution in [1.82, 2.24) is 10.6 Å². The number of ether oxygens (including phenoxy) is 3. The van der Waals surface area contributed by atoms with Crippen molar-refractivity contribution in [2.75, 3.05) is 52.7 Å². The maximum Gasteiger partial charge on any atom is 0.191 e. The summed E-state index contributed by atoms with van der Waals surface area (Å²) in [7, 11) is 0. The fourth-order valence-corrected chi connectivity index (χ4v) is 3.94. The minimum Gasteiger partial charge on any atom is -0.381 e. The number of hydrogen-bond acceptors (Lipinski definition) is 4. The topological polar surface area (TPSA) is 64.1 Å². The second kappa shape index (κ2) is 15.0. The van der Waals surface area contributed by atoms with Crippen LogP contribution in [-0.2, 0) is 14.2 Å². The molecule has 7 heteroatoms. The molecular formula is C23H38IN3O3. The SMILES string of the molecule is CCNC(=NCC1CCCOC1c1ccccc1)NCCCOCC1CCOC1.I. The monoisotopic (exact) mass is 531 g/mol. The number of halogens is 1. The summed E-state index contributed by atoms with van der Waals surface area (Å²) in [5.74, 6) is 1.88. The van der Waals surface area contributed by atoms with Crippen LogP contribution in [0.3, 0.4) is 0 Å². The summed E-state index contributed by atoms with van der Waals surface area (Å²) in [5, 5.41) is 6.79. The largest absolute Gasteiger partial charge is 0.381 e. The highest BCUT2D eigenvalue weighted by molar-refractivity contribution is 14.0. The van der Waals surface area contributed by atoms with Crippen LogP contribution in [0.15, 0.2) is 35.3 Å². The molecule has 3 rings (SSSR count). The van der Waals surface area contributed by atoms with Gasteiger partial charge in [0.1, 0.15) is 0 Å². The van der Waals surface area contributed by atoms with Crippen molar-refractivity contribution >= 4 is 29.9 Å². The molecule has 2 aliphatic rings. The van der Waals surface area contributed by atoms with Gasteiger partial charge in [0.15, 0.2) is 5.96 Å². The van der Waals surface area contributed by atoms with E-state index in [0.717, 1.165) is 84.3 Å². The van der Waals surface area contributed by atoms with Gasteiger partial charge < -0.3 is 24.8 Å². The molecule has 30 heavy (non-hydrogen) atoms. The highest BCUT2D eigenvalue weighted by Gasteiger charge is 2.27. The molecule has 0 spiro atoms. The second-order valence-corrected chi connectivity index (χ2v) is 7.91. The van der Waals surface area contributed by atoms with Crippen molar-refractivity contribution in [3.05, 3.63) is 35.9 Å². The lowest BCUT2D eigenvalue weighted by molar-refractivity contribution is -0.0250. The van der Waals surface area contributed by atoms with Crippen LogP contribution in [0.5, 0.6) is 0 Å². The van der Waals surface area contributed by atoms with Crippen molar-refractivity contribution in [1.29, 1.82) is 0 Å². The zero-order valence-corrected chi connectivity index (χ0v) is 20.5. The molecule has 0 aromatic heterocycles. The average Bonchev–Trinajstić information content (AvgIpc) is 3.29. The number of benzene rings is 1. The Morgan fingerprint density at radius 3 is 2.80 bits per heavy atom. The first kappa shape index (κ1) is 25.4. The Kier molecular flexibility index (Phi) is 12.7. The molecule has 3 unspecified atom stereocenters. The molecule has 2 aliphatic heterocycles. The number of guanidine groups is 1. The fourth-order valence-electron chi connectivity index (χ4n) is 3.94. The molecule has 0 aliphatic carbocycles. The third-order valence-corrected chi connectivity index (χ3v) is 5.54. The summed E-state index contributed by atoms with van der Waals surface area (Å²) < 4.78 is 17.3. The number of aliphatic imine (C=N–C) groups is 1. The number of rotatable bonds is 10. The lowest BCUT2D eigenvalue weighted by Gasteiger charge is -2.31. The van der Waals surface area contributed by atoms with Gasteiger partial charge in [0, 0.05) is 51.3 Å². The molecule has 0 bridgehead atoms. The first-order valence-corrected chi connectivity index (χ1v) is 11.2. The standard InChI is InChI=1S/C23H37N3O3.HI/c1-2-24-23(25-12-7-13-27-17-19-11-15-28-18-19)26-16-21-10-6-14-29-22(21)20-8-4-3-5-9-20;/h3-5,8-9,19,21-22H,2,6-7,10-18H2,1H3,(H2,24,25,26);1H. The molecule has 3 atom stereocenters. The molecule has 0 radical (unpaired) electrons. The first-order chi connectivity index (χ1) is 14.4. The molecule has 1 aromatic carbocycles. The van der Waals surface area contributed by atoms with Crippen LogP contribution in [0.25, 0.3) is 0 Å². The molecule has 170 valence electrons. The van der Waals surface area contributed by atoms with Gasteiger partial charge in [-0.2, -0.15) is 0 Å². The Hall–Kier alpha value is -0.900. The normalized spacial score (nSPS) is 24.3. The summed E-state index contributed by atoms with van der Waals surface area (Å²) in [6.45, 7) is 8.74. The van der Waals surface area contributed by atoms with E-state index in [2.05, 4.69) is 47.9 Å². The van der Waals surface area contributed by atoms with Crippen molar-refractivity contribution in [2.24, 2.45) is 16.8 Å². The predicted octanol–water partition coefficient (Wildman–Crippen LogP) is 3.77. The lowest BCUT2D eigenvalue weighted by Crippen LogP contribution is -2.39. The van der Waals surface area contributed by atoms with Gasteiger partial charge in [-0.15, -0.1) is 24.0 Å². The summed E-state index contributed by atoms with van der Waals surface area (Å²) in [4.78, 5) is 4.85. The van der Waals surface area contributed by atoms with Crippen molar-refractivity contribution in [3.63, 3.8) is 0 Å². The van der Waals surface area contributed by atoms with Gasteiger partial charge in [-0.25, -0.2) is 0 Å². The van der Waals surface area contributed by atoms with Gasteiger partial charge in [-0.3, -0.25) is 4.99 Å². The van der Waals surface area contributed by atoms with E-state index >= 15 is 0 Å². The quantitative estimate of drug-likeness (QED) is 0.208. The van der Waals surface area contributed by atoms with Gasteiger partial charge in [0.2, 0.25) is 0 Å². The highest BCUT2D eigenvalue weighted by Crippen LogP contribution is 2.33. The number of nitrogens with one attached hydrogen (secondary N) is 2. The molecule has 0 amide bonds. The van der Waals surface area contributed by atoms with Gasteiger partial charge in [-0.05, 0) is 38.2 Å². The smallest absolute Gasteiger partial charge is 0.191 e. The maximum atomic E-state index is 6.10. The van der Waals surface area contributed by atoms with E-state index in [4.69, 9.17) is 19.2 Å². The average molecular weight is 531 g/mol. The van der Waals surface area contributed by atoms with Crippen LogP contribution in [0.2, 0.25) is 0 Å². The molecular weight excluding hydrogens is 493 g/mol. The van der Waals surface area contributed by atoms with E-state index in [1.807, 2.05) is 0 Å². The van der Waals surface area contributed by atoms with Gasteiger partial charge in [0.05, 0.1) is 19.3 Å². The van der Waals surface area contributed by atoms with E-state index in [1.165, 1.54) is 5.56 Å². The zero-order valence-electron chi connectivity index (χ0n) is 18.2. The fraction of sp³-hybridized carbons (Fsp3) is 0.696. The zero-order chi connectivity index (χ0) is 20.2. The first-order valence-electron chi connectivity index (χ1n) is 11.2. The molecule has 2 N–H and O–H groups in total. The predicted molar refractivity (Wildman–Crippen MR) is 132 cm³/mol. The number of nitrogens with zero attached hydrogens (tertiary/aromatic N) is 1. The van der Waals surface area contributed by atoms with Gasteiger partial charge in [-0.1, -0.05) is 30.3 Å². The van der Waals surface area contributed by atoms with Gasteiger partial charge >= 0.3 is 0 Å². The minimum atomic E-state index is 0. The van der Waals surface area contributed by atoms with E-state index in [1.54, 1.807) is 0 Å². The van der Waals surface area contributed by atoms with E-state index in [0.29, 0.717) is 11.8 Å². The summed E-state index contributed by atoms with van der Waals surface area (Å²) >= 11 is 0. The summed E-state index contributed by atoms with van der Waals surface area (Å²) in [6.07, 6.45) is 4.50. The molecule has 2 heterocycles. The third-order valence-electron chi connectivity index (χ3n) is 5.54. The van der Waals surface area contributed by atoms with E-state index < -0.39 is 0 Å². The molecule has 6 nitrogen and oxygen atoms in total. The van der Waals surface area contributed by atoms with Crippen LogP contribution < -0.4 is 10.6 Å². The number of hydrogen-bond donors (Lipinski definition) is 2. The van der Waals surface area contributed by atoms with Gasteiger partial charge in [0.25, 0.3) is 0 Å². The van der Waals surface area contributed by atoms with Crippen LogP contribution in [0.1, 0.15) is 44.3 Å². The van der Waals surface area contributed by atoms with Crippen LogP contribution in [-0.4, -0.2) is 58.6 Å². The highest BCUT2D eigenvalue weighted by atomic mass is 127. The molecule has 2 saturated heterocycles. The Morgan fingerprint density at radius 1 is 1.17 bits per heavy atom. The third kappa shape index (κ3) is 8.69. The molecule has 2 fully saturated rings. The summed E-state index contributed by atoms with van der Waals surface area (Å²) in [5.41, 5.74) is 1.26. The van der Waals surface area contributed by atoms with E-state index in [9.17, 15) is 0 Å². The Morgan fingerprint density at radius 2 is 2.03 bits per heavy atom. The summed E-state index contributed by atoms with van der Waals surface area (Å²) in [6, 6.07) is 10.5.